The maximum Gasteiger partial charge on any atom is 1.00 e. The van der Waals surface area contributed by atoms with Crippen LogP contribution in [-0.4, -0.2) is 12.6 Å². The second-order valence-electron chi connectivity index (χ2n) is 0.850. The maximum absolute atomic E-state index is 9.47. The summed E-state index contributed by atoms with van der Waals surface area (Å²) in [6.45, 7) is 2.71. The first-order valence-corrected chi connectivity index (χ1v) is 1.69. The van der Waals surface area contributed by atoms with Gasteiger partial charge in [0.05, 0.1) is 12.2 Å². The minimum Gasteiger partial charge on any atom is -0.546 e. The van der Waals surface area contributed by atoms with E-state index in [1.165, 1.54) is 0 Å². The van der Waals surface area contributed by atoms with Crippen LogP contribution in [0.2, 0.25) is 0 Å². The average molecular weight is 108 g/mol. The Balaban J connectivity index is 0. The first-order chi connectivity index (χ1) is 3.27. The Morgan fingerprint density at radius 2 is 2.38 bits per heavy atom. The molecule has 0 rings (SSSR count). The van der Waals surface area contributed by atoms with E-state index < -0.39 is 12.6 Å². The summed E-state index contributed by atoms with van der Waals surface area (Å²) in [5, 5.41) is 9.47. The third-order valence-electron chi connectivity index (χ3n) is 0.319. The van der Waals surface area contributed by atoms with Gasteiger partial charge in [0.2, 0.25) is 0 Å². The Morgan fingerprint density at radius 3 is 2.50 bits per heavy atom. The molecule has 0 bridgehead atoms. The number of ether oxygens (including phenoxy) is 1. The van der Waals surface area contributed by atoms with Gasteiger partial charge in [-0.2, -0.15) is 0 Å². The van der Waals surface area contributed by atoms with Crippen molar-refractivity contribution in [3.63, 3.8) is 0 Å². The van der Waals surface area contributed by atoms with Crippen LogP contribution in [0, 0.1) is 0 Å². The van der Waals surface area contributed by atoms with Crippen LogP contribution in [-0.2, 0) is 9.53 Å². The van der Waals surface area contributed by atoms with Crippen LogP contribution in [0.4, 0.5) is 0 Å². The van der Waals surface area contributed by atoms with Crippen LogP contribution in [0.3, 0.4) is 0 Å². The van der Waals surface area contributed by atoms with Gasteiger partial charge in [-0.25, -0.2) is 0 Å². The van der Waals surface area contributed by atoms with E-state index in [9.17, 15) is 9.90 Å². The smallest absolute Gasteiger partial charge is 0.546 e. The van der Waals surface area contributed by atoms with E-state index >= 15 is 0 Å². The van der Waals surface area contributed by atoms with Crippen molar-refractivity contribution in [3.8, 4) is 0 Å². The zero-order chi connectivity index (χ0) is 5.70. The van der Waals surface area contributed by atoms with Crippen molar-refractivity contribution in [3.05, 3.63) is 12.8 Å². The first-order valence-electron chi connectivity index (χ1n) is 1.69. The molecule has 0 aromatic carbocycles. The standard InChI is InChI=1S/C4H6O3.Li/c1-2-7-3-4(5)6;/h2H,1,3H2,(H,5,6);/q;+1/p-1. The molecular formula is C4H5LiO3. The molecule has 0 radical (unpaired) electrons. The summed E-state index contributed by atoms with van der Waals surface area (Å²) >= 11 is 0. The molecule has 8 heavy (non-hydrogen) atoms. The molecule has 0 saturated carbocycles. The molecule has 0 amide bonds. The number of carbonyl (C=O) groups is 1. The van der Waals surface area contributed by atoms with Crippen molar-refractivity contribution in [2.24, 2.45) is 0 Å². The van der Waals surface area contributed by atoms with Crippen molar-refractivity contribution in [2.75, 3.05) is 6.61 Å². The molecular weight excluding hydrogens is 103 g/mol. The summed E-state index contributed by atoms with van der Waals surface area (Å²) in [4.78, 5) is 9.47. The second kappa shape index (κ2) is 6.61. The quantitative estimate of drug-likeness (QED) is 0.273. The molecule has 0 aliphatic heterocycles. The summed E-state index contributed by atoms with van der Waals surface area (Å²) in [5.74, 6) is -1.24. The molecule has 0 aliphatic carbocycles. The number of hydrogen-bond acceptors (Lipinski definition) is 3. The van der Waals surface area contributed by atoms with Crippen molar-refractivity contribution >= 4 is 5.97 Å². The van der Waals surface area contributed by atoms with Crippen LogP contribution in [0.5, 0.6) is 0 Å². The summed E-state index contributed by atoms with van der Waals surface area (Å²) in [6.07, 6.45) is 1.05. The molecule has 40 valence electrons. The maximum atomic E-state index is 9.47. The van der Waals surface area contributed by atoms with Gasteiger partial charge in [0.15, 0.2) is 0 Å². The van der Waals surface area contributed by atoms with Gasteiger partial charge in [0.1, 0.15) is 6.61 Å². The molecule has 0 spiro atoms. The van der Waals surface area contributed by atoms with Crippen molar-refractivity contribution in [2.45, 2.75) is 0 Å². The van der Waals surface area contributed by atoms with Crippen LogP contribution in [0.25, 0.3) is 0 Å². The minimum atomic E-state index is -1.24. The van der Waals surface area contributed by atoms with Crippen molar-refractivity contribution in [1.29, 1.82) is 0 Å². The number of carboxylic acid groups (broad SMARTS) is 1. The fourth-order valence-electron chi connectivity index (χ4n) is 0.127. The molecule has 0 fully saturated rings. The van der Waals surface area contributed by atoms with Gasteiger partial charge in [-0.05, 0) is 0 Å². The van der Waals surface area contributed by atoms with Gasteiger partial charge in [0.25, 0.3) is 0 Å². The van der Waals surface area contributed by atoms with Crippen LogP contribution in [0.15, 0.2) is 12.8 Å². The summed E-state index contributed by atoms with van der Waals surface area (Å²) in [6, 6.07) is 0. The SMILES string of the molecule is C=COCC(=O)[O-].[Li+]. The first kappa shape index (κ1) is 10.6. The van der Waals surface area contributed by atoms with Gasteiger partial charge in [-0.3, -0.25) is 0 Å². The van der Waals surface area contributed by atoms with E-state index in [4.69, 9.17) is 0 Å². The fourth-order valence-corrected chi connectivity index (χ4v) is 0.127. The molecule has 4 heteroatoms. The van der Waals surface area contributed by atoms with Crippen molar-refractivity contribution in [1.82, 2.24) is 0 Å². The fraction of sp³-hybridized carbons (Fsp3) is 0.250. The van der Waals surface area contributed by atoms with Gasteiger partial charge >= 0.3 is 18.9 Å². The van der Waals surface area contributed by atoms with E-state index in [0.717, 1.165) is 6.26 Å². The van der Waals surface area contributed by atoms with E-state index in [2.05, 4.69) is 11.3 Å². The Bertz CT molecular complexity index is 81.4. The van der Waals surface area contributed by atoms with E-state index in [1.807, 2.05) is 0 Å². The Labute approximate surface area is 59.5 Å². The molecule has 0 atom stereocenters. The molecule has 0 aromatic heterocycles. The summed E-state index contributed by atoms with van der Waals surface area (Å²) in [7, 11) is 0. The molecule has 0 aliphatic rings. The number of rotatable bonds is 3. The topological polar surface area (TPSA) is 49.4 Å². The molecule has 0 heterocycles. The number of carboxylic acids is 1. The largest absolute Gasteiger partial charge is 1.00 e. The van der Waals surface area contributed by atoms with Crippen LogP contribution >= 0.6 is 0 Å². The Kier molecular flexibility index (Phi) is 8.72. The number of aliphatic carboxylic acids is 1. The zero-order valence-corrected chi connectivity index (χ0v) is 4.72. The van der Waals surface area contributed by atoms with Crippen LogP contribution in [0.1, 0.15) is 0 Å². The third-order valence-corrected chi connectivity index (χ3v) is 0.319. The molecule has 3 nitrogen and oxygen atoms in total. The zero-order valence-electron chi connectivity index (χ0n) is 4.72. The van der Waals surface area contributed by atoms with E-state index in [0.29, 0.717) is 0 Å². The second-order valence-corrected chi connectivity index (χ2v) is 0.850. The predicted octanol–water partition coefficient (Wildman–Crippen LogP) is -4.10. The minimum absolute atomic E-state index is 0. The van der Waals surface area contributed by atoms with E-state index in [-0.39, 0.29) is 18.9 Å². The normalized spacial score (nSPS) is 6.50. The number of hydrogen-bond donors (Lipinski definition) is 0. The Hall–Kier alpha value is -0.393. The van der Waals surface area contributed by atoms with E-state index in [1.54, 1.807) is 0 Å². The van der Waals surface area contributed by atoms with Crippen molar-refractivity contribution < 1.29 is 33.5 Å². The monoisotopic (exact) mass is 108 g/mol. The summed E-state index contributed by atoms with van der Waals surface area (Å²) < 4.78 is 4.20. The van der Waals surface area contributed by atoms with Gasteiger partial charge in [-0.1, -0.05) is 6.58 Å². The predicted molar refractivity (Wildman–Crippen MR) is 21.2 cm³/mol. The molecule has 0 unspecified atom stereocenters. The third kappa shape index (κ3) is 9.15. The van der Waals surface area contributed by atoms with Gasteiger partial charge < -0.3 is 14.6 Å². The molecule has 0 N–H and O–H groups in total. The summed E-state index contributed by atoms with van der Waals surface area (Å²) in [5.41, 5.74) is 0. The Morgan fingerprint density at radius 1 is 1.88 bits per heavy atom. The average Bonchev–Trinajstić information content (AvgIpc) is 1.61. The van der Waals surface area contributed by atoms with Gasteiger partial charge in [0, 0.05) is 0 Å². The molecule has 0 aromatic rings. The number of carbonyl (C=O) groups excluding carboxylic acids is 1. The molecule has 0 saturated heterocycles. The van der Waals surface area contributed by atoms with Crippen LogP contribution < -0.4 is 24.0 Å². The van der Waals surface area contributed by atoms with Gasteiger partial charge in [-0.15, -0.1) is 0 Å².